The van der Waals surface area contributed by atoms with Crippen LogP contribution >= 0.6 is 0 Å². The molecule has 27 heavy (non-hydrogen) atoms. The standard InChI is InChI=1S/C21H26N2O4/c1-2-19(21(26)23(12-13-24)16-6-4-3-5-7-16)27-17-9-10-18-15(14-17)8-11-20(25)22-18/h2,8-11,14,16,24H,3-7,12-13H2,1H3,(H,22,25). The Hall–Kier alpha value is -2.60. The summed E-state index contributed by atoms with van der Waals surface area (Å²) >= 11 is 0. The molecule has 1 amide bonds. The first-order chi connectivity index (χ1) is 13.1. The van der Waals surface area contributed by atoms with Crippen LogP contribution in [-0.2, 0) is 4.79 Å². The number of hydrogen-bond acceptors (Lipinski definition) is 4. The van der Waals surface area contributed by atoms with E-state index >= 15 is 0 Å². The number of aliphatic hydroxyl groups is 1. The molecule has 144 valence electrons. The van der Waals surface area contributed by atoms with E-state index in [0.29, 0.717) is 17.8 Å². The first-order valence-electron chi connectivity index (χ1n) is 9.51. The minimum Gasteiger partial charge on any atom is -0.452 e. The molecule has 1 heterocycles. The molecule has 1 aromatic carbocycles. The number of nitrogens with zero attached hydrogens (tertiary/aromatic N) is 1. The number of ether oxygens (including phenoxy) is 1. The second kappa shape index (κ2) is 8.86. The molecule has 0 aliphatic heterocycles. The number of fused-ring (bicyclic) bond motifs is 1. The largest absolute Gasteiger partial charge is 0.452 e. The molecule has 1 aliphatic rings. The predicted octanol–water partition coefficient (Wildman–Crippen LogP) is 2.96. The number of allylic oxidation sites excluding steroid dienone is 1. The van der Waals surface area contributed by atoms with Crippen molar-refractivity contribution >= 4 is 16.8 Å². The number of aliphatic hydroxyl groups excluding tert-OH is 1. The van der Waals surface area contributed by atoms with E-state index in [-0.39, 0.29) is 29.9 Å². The molecule has 0 bridgehead atoms. The lowest BCUT2D eigenvalue weighted by atomic mass is 9.94. The van der Waals surface area contributed by atoms with Gasteiger partial charge in [0.05, 0.1) is 6.61 Å². The van der Waals surface area contributed by atoms with Gasteiger partial charge in [-0.05, 0) is 50.1 Å². The maximum atomic E-state index is 13.1. The van der Waals surface area contributed by atoms with Gasteiger partial charge in [-0.15, -0.1) is 0 Å². The molecular formula is C21H26N2O4. The summed E-state index contributed by atoms with van der Waals surface area (Å²) in [5.74, 6) is 0.585. The molecule has 6 heteroatoms. The topological polar surface area (TPSA) is 82.6 Å². The Labute approximate surface area is 158 Å². The molecule has 1 saturated carbocycles. The zero-order valence-electron chi connectivity index (χ0n) is 15.6. The van der Waals surface area contributed by atoms with Crippen LogP contribution < -0.4 is 10.3 Å². The van der Waals surface area contributed by atoms with Crippen molar-refractivity contribution < 1.29 is 14.6 Å². The zero-order valence-corrected chi connectivity index (χ0v) is 15.6. The number of benzene rings is 1. The highest BCUT2D eigenvalue weighted by molar-refractivity contribution is 5.92. The minimum absolute atomic E-state index is 0.0669. The maximum absolute atomic E-state index is 13.1. The molecule has 0 unspecified atom stereocenters. The van der Waals surface area contributed by atoms with Crippen LogP contribution in [0.15, 0.2) is 47.0 Å². The first-order valence-corrected chi connectivity index (χ1v) is 9.51. The Balaban J connectivity index is 1.79. The molecule has 0 spiro atoms. The maximum Gasteiger partial charge on any atom is 0.289 e. The van der Waals surface area contributed by atoms with Crippen LogP contribution in [-0.4, -0.2) is 40.1 Å². The van der Waals surface area contributed by atoms with E-state index in [1.54, 1.807) is 42.2 Å². The highest BCUT2D eigenvalue weighted by Gasteiger charge is 2.28. The lowest BCUT2D eigenvalue weighted by Gasteiger charge is -2.34. The molecule has 1 aliphatic carbocycles. The van der Waals surface area contributed by atoms with E-state index in [0.717, 1.165) is 31.1 Å². The van der Waals surface area contributed by atoms with Gasteiger partial charge in [-0.3, -0.25) is 9.59 Å². The fraction of sp³-hybridized carbons (Fsp3) is 0.429. The van der Waals surface area contributed by atoms with Crippen LogP contribution in [0.25, 0.3) is 10.9 Å². The molecule has 6 nitrogen and oxygen atoms in total. The molecule has 1 fully saturated rings. The summed E-state index contributed by atoms with van der Waals surface area (Å²) in [4.78, 5) is 29.0. The quantitative estimate of drug-likeness (QED) is 0.605. The van der Waals surface area contributed by atoms with Crippen molar-refractivity contribution in [3.8, 4) is 5.75 Å². The summed E-state index contributed by atoms with van der Waals surface area (Å²) in [5, 5.41) is 10.2. The second-order valence-corrected chi connectivity index (χ2v) is 6.84. The number of H-pyrrole nitrogens is 1. The molecule has 0 saturated heterocycles. The summed E-state index contributed by atoms with van der Waals surface area (Å²) in [6.45, 7) is 2.01. The summed E-state index contributed by atoms with van der Waals surface area (Å²) in [6, 6.07) is 8.61. The van der Waals surface area contributed by atoms with Gasteiger partial charge in [0.1, 0.15) is 5.75 Å². The van der Waals surface area contributed by atoms with Gasteiger partial charge in [-0.25, -0.2) is 0 Å². The van der Waals surface area contributed by atoms with E-state index in [2.05, 4.69) is 4.98 Å². The first kappa shape index (κ1) is 19.2. The van der Waals surface area contributed by atoms with Gasteiger partial charge in [0.2, 0.25) is 5.56 Å². The van der Waals surface area contributed by atoms with Crippen LogP contribution in [0.1, 0.15) is 39.0 Å². The van der Waals surface area contributed by atoms with Gasteiger partial charge in [-0.1, -0.05) is 19.3 Å². The Bertz CT molecular complexity index is 881. The number of nitrogens with one attached hydrogen (secondary N) is 1. The molecule has 2 N–H and O–H groups in total. The Morgan fingerprint density at radius 2 is 2.04 bits per heavy atom. The number of carbonyl (C=O) groups is 1. The van der Waals surface area contributed by atoms with Crippen molar-refractivity contribution in [1.82, 2.24) is 9.88 Å². The van der Waals surface area contributed by atoms with Crippen LogP contribution in [0.5, 0.6) is 5.75 Å². The fourth-order valence-electron chi connectivity index (χ4n) is 3.64. The highest BCUT2D eigenvalue weighted by Crippen LogP contribution is 2.25. The number of hydrogen-bond donors (Lipinski definition) is 2. The summed E-state index contributed by atoms with van der Waals surface area (Å²) in [6.07, 6.45) is 7.00. The molecule has 1 aromatic heterocycles. The van der Waals surface area contributed by atoms with E-state index in [4.69, 9.17) is 4.74 Å². The van der Waals surface area contributed by atoms with Crippen molar-refractivity contribution in [3.63, 3.8) is 0 Å². The number of amides is 1. The van der Waals surface area contributed by atoms with Crippen molar-refractivity contribution in [2.45, 2.75) is 45.1 Å². The summed E-state index contributed by atoms with van der Waals surface area (Å²) in [7, 11) is 0. The average molecular weight is 370 g/mol. The van der Waals surface area contributed by atoms with E-state index in [9.17, 15) is 14.7 Å². The molecule has 0 atom stereocenters. The van der Waals surface area contributed by atoms with E-state index in [1.165, 1.54) is 12.5 Å². The third-order valence-corrected chi connectivity index (χ3v) is 5.01. The van der Waals surface area contributed by atoms with Gasteiger partial charge in [-0.2, -0.15) is 0 Å². The van der Waals surface area contributed by atoms with Crippen molar-refractivity contribution in [1.29, 1.82) is 0 Å². The monoisotopic (exact) mass is 370 g/mol. The third kappa shape index (κ3) is 4.57. The second-order valence-electron chi connectivity index (χ2n) is 6.84. The number of carbonyl (C=O) groups excluding carboxylic acids is 1. The molecule has 0 radical (unpaired) electrons. The Kier molecular flexibility index (Phi) is 6.29. The van der Waals surface area contributed by atoms with Crippen molar-refractivity contribution in [2.75, 3.05) is 13.2 Å². The number of rotatable bonds is 6. The van der Waals surface area contributed by atoms with Crippen LogP contribution in [0.2, 0.25) is 0 Å². The Morgan fingerprint density at radius 3 is 2.74 bits per heavy atom. The van der Waals surface area contributed by atoms with Crippen LogP contribution in [0.3, 0.4) is 0 Å². The fourth-order valence-corrected chi connectivity index (χ4v) is 3.64. The van der Waals surface area contributed by atoms with Crippen molar-refractivity contribution in [3.05, 3.63) is 52.5 Å². The summed E-state index contributed by atoms with van der Waals surface area (Å²) < 4.78 is 5.88. The number of pyridine rings is 1. The van der Waals surface area contributed by atoms with Gasteiger partial charge < -0.3 is 19.7 Å². The van der Waals surface area contributed by atoms with Crippen molar-refractivity contribution in [2.24, 2.45) is 0 Å². The summed E-state index contributed by atoms with van der Waals surface area (Å²) in [5.41, 5.74) is 0.555. The van der Waals surface area contributed by atoms with Crippen LogP contribution in [0.4, 0.5) is 0 Å². The van der Waals surface area contributed by atoms with Gasteiger partial charge in [0.15, 0.2) is 5.76 Å². The third-order valence-electron chi connectivity index (χ3n) is 5.01. The highest BCUT2D eigenvalue weighted by atomic mass is 16.5. The van der Waals surface area contributed by atoms with Gasteiger partial charge in [0, 0.05) is 29.6 Å². The average Bonchev–Trinajstić information content (AvgIpc) is 2.70. The lowest BCUT2D eigenvalue weighted by molar-refractivity contribution is -0.133. The van der Waals surface area contributed by atoms with Gasteiger partial charge >= 0.3 is 0 Å². The van der Waals surface area contributed by atoms with Crippen LogP contribution in [0, 0.1) is 0 Å². The minimum atomic E-state index is -0.194. The lowest BCUT2D eigenvalue weighted by Crippen LogP contribution is -2.44. The Morgan fingerprint density at radius 1 is 1.26 bits per heavy atom. The number of aromatic nitrogens is 1. The predicted molar refractivity (Wildman–Crippen MR) is 105 cm³/mol. The van der Waals surface area contributed by atoms with E-state index < -0.39 is 0 Å². The smallest absolute Gasteiger partial charge is 0.289 e. The molecule has 2 aromatic rings. The van der Waals surface area contributed by atoms with E-state index in [1.807, 2.05) is 0 Å². The zero-order chi connectivity index (χ0) is 19.2. The molecular weight excluding hydrogens is 344 g/mol. The number of aromatic amines is 1. The normalized spacial score (nSPS) is 15.7. The van der Waals surface area contributed by atoms with Gasteiger partial charge in [0.25, 0.3) is 5.91 Å². The SMILES string of the molecule is CC=C(Oc1ccc2[nH]c(=O)ccc2c1)C(=O)N(CCO)C1CCCCC1. The molecule has 3 rings (SSSR count).